The van der Waals surface area contributed by atoms with Gasteiger partial charge in [0.1, 0.15) is 0 Å². The number of nitrogens with zero attached hydrogens (tertiary/aromatic N) is 1. The van der Waals surface area contributed by atoms with Crippen LogP contribution in [0, 0.1) is 17.0 Å². The van der Waals surface area contributed by atoms with Gasteiger partial charge in [0.2, 0.25) is 0 Å². The Morgan fingerprint density at radius 3 is 2.74 bits per heavy atom. The molecule has 0 radical (unpaired) electrons. The third-order valence-electron chi connectivity index (χ3n) is 2.50. The van der Waals surface area contributed by atoms with Crippen LogP contribution < -0.4 is 5.32 Å². The molecule has 0 unspecified atom stereocenters. The summed E-state index contributed by atoms with van der Waals surface area (Å²) in [5.74, 6) is 0. The minimum atomic E-state index is -0.383. The molecule has 1 rings (SSSR count). The van der Waals surface area contributed by atoms with E-state index in [0.29, 0.717) is 26.4 Å². The molecule has 0 aliphatic heterocycles. The van der Waals surface area contributed by atoms with Gasteiger partial charge in [-0.15, -0.1) is 0 Å². The maximum Gasteiger partial charge on any atom is 0.271 e. The molecule has 0 bridgehead atoms. The molecule has 0 spiro atoms. The van der Waals surface area contributed by atoms with Crippen molar-refractivity contribution in [2.24, 2.45) is 0 Å². The van der Waals surface area contributed by atoms with Gasteiger partial charge in [0.05, 0.1) is 18.1 Å². The first kappa shape index (κ1) is 15.4. The lowest BCUT2D eigenvalue weighted by Gasteiger charge is -2.08. The summed E-state index contributed by atoms with van der Waals surface area (Å²) < 4.78 is 10.2. The fourth-order valence-corrected chi connectivity index (χ4v) is 1.62. The van der Waals surface area contributed by atoms with Crippen LogP contribution in [-0.4, -0.2) is 38.4 Å². The summed E-state index contributed by atoms with van der Waals surface area (Å²) in [6, 6.07) is 4.98. The maximum absolute atomic E-state index is 10.7. The highest BCUT2D eigenvalue weighted by Gasteiger charge is 2.07. The molecule has 1 aromatic rings. The molecule has 6 heteroatoms. The van der Waals surface area contributed by atoms with Gasteiger partial charge >= 0.3 is 0 Å². The van der Waals surface area contributed by atoms with E-state index in [0.717, 1.165) is 17.7 Å². The topological polar surface area (TPSA) is 73.6 Å². The molecule has 19 heavy (non-hydrogen) atoms. The van der Waals surface area contributed by atoms with Crippen LogP contribution in [0.15, 0.2) is 18.2 Å². The number of aryl methyl sites for hydroxylation is 1. The summed E-state index contributed by atoms with van der Waals surface area (Å²) in [6.45, 7) is 4.38. The summed E-state index contributed by atoms with van der Waals surface area (Å²) in [6.07, 6.45) is 0.839. The Morgan fingerprint density at radius 1 is 1.26 bits per heavy atom. The van der Waals surface area contributed by atoms with Crippen molar-refractivity contribution in [3.8, 4) is 0 Å². The van der Waals surface area contributed by atoms with Gasteiger partial charge < -0.3 is 14.8 Å². The van der Waals surface area contributed by atoms with Crippen LogP contribution in [0.4, 0.5) is 11.4 Å². The fourth-order valence-electron chi connectivity index (χ4n) is 1.62. The lowest BCUT2D eigenvalue weighted by molar-refractivity contribution is -0.384. The van der Waals surface area contributed by atoms with Crippen LogP contribution in [0.3, 0.4) is 0 Å². The molecule has 6 nitrogen and oxygen atoms in total. The highest BCUT2D eigenvalue weighted by Crippen LogP contribution is 2.20. The second-order valence-electron chi connectivity index (χ2n) is 4.20. The molecule has 0 fully saturated rings. The number of methoxy groups -OCH3 is 1. The summed E-state index contributed by atoms with van der Waals surface area (Å²) in [4.78, 5) is 10.3. The second kappa shape index (κ2) is 8.44. The molecule has 0 amide bonds. The summed E-state index contributed by atoms with van der Waals surface area (Å²) in [7, 11) is 1.63. The van der Waals surface area contributed by atoms with Crippen LogP contribution in [0.2, 0.25) is 0 Å². The van der Waals surface area contributed by atoms with Gasteiger partial charge in [-0.1, -0.05) is 0 Å². The highest BCUT2D eigenvalue weighted by atomic mass is 16.6. The molecule has 0 aliphatic rings. The van der Waals surface area contributed by atoms with Crippen molar-refractivity contribution < 1.29 is 14.4 Å². The fraction of sp³-hybridized carbons (Fsp3) is 0.538. The van der Waals surface area contributed by atoms with Crippen LogP contribution >= 0.6 is 0 Å². The number of benzene rings is 1. The number of nitro benzene ring substituents is 1. The lowest BCUT2D eigenvalue weighted by Crippen LogP contribution is -2.08. The molecule has 0 aromatic heterocycles. The maximum atomic E-state index is 10.7. The van der Waals surface area contributed by atoms with Crippen molar-refractivity contribution in [3.63, 3.8) is 0 Å². The molecule has 0 saturated carbocycles. The van der Waals surface area contributed by atoms with E-state index < -0.39 is 0 Å². The number of nitro groups is 1. The number of hydrogen-bond donors (Lipinski definition) is 1. The van der Waals surface area contributed by atoms with Crippen LogP contribution in [0.5, 0.6) is 0 Å². The third kappa shape index (κ3) is 6.17. The molecular formula is C13H20N2O4. The quantitative estimate of drug-likeness (QED) is 0.423. The van der Waals surface area contributed by atoms with Gasteiger partial charge in [-0.05, 0) is 25.0 Å². The predicted octanol–water partition coefficient (Wildman–Crippen LogP) is 2.37. The van der Waals surface area contributed by atoms with E-state index in [-0.39, 0.29) is 10.6 Å². The van der Waals surface area contributed by atoms with Crippen LogP contribution in [0.25, 0.3) is 0 Å². The number of rotatable bonds is 9. The van der Waals surface area contributed by atoms with Crippen molar-refractivity contribution in [3.05, 3.63) is 33.9 Å². The normalized spacial score (nSPS) is 10.4. The highest BCUT2D eigenvalue weighted by molar-refractivity contribution is 5.53. The van der Waals surface area contributed by atoms with E-state index >= 15 is 0 Å². The van der Waals surface area contributed by atoms with Gasteiger partial charge in [-0.25, -0.2) is 0 Å². The molecule has 0 heterocycles. The van der Waals surface area contributed by atoms with Crippen LogP contribution in [-0.2, 0) is 9.47 Å². The Balaban J connectivity index is 2.31. The third-order valence-corrected chi connectivity index (χ3v) is 2.50. The van der Waals surface area contributed by atoms with Crippen molar-refractivity contribution in [2.45, 2.75) is 13.3 Å². The zero-order chi connectivity index (χ0) is 14.1. The zero-order valence-electron chi connectivity index (χ0n) is 11.3. The van der Waals surface area contributed by atoms with E-state index in [9.17, 15) is 10.1 Å². The average molecular weight is 268 g/mol. The van der Waals surface area contributed by atoms with E-state index in [1.165, 1.54) is 0 Å². The largest absolute Gasteiger partial charge is 0.385 e. The Bertz CT molecular complexity index is 410. The summed E-state index contributed by atoms with van der Waals surface area (Å²) in [5, 5.41) is 13.9. The average Bonchev–Trinajstić information content (AvgIpc) is 2.37. The smallest absolute Gasteiger partial charge is 0.271 e. The summed E-state index contributed by atoms with van der Waals surface area (Å²) in [5.41, 5.74) is 1.75. The zero-order valence-corrected chi connectivity index (χ0v) is 11.3. The Labute approximate surface area is 112 Å². The number of hydrogen-bond acceptors (Lipinski definition) is 5. The molecule has 0 aliphatic carbocycles. The Morgan fingerprint density at radius 2 is 2.05 bits per heavy atom. The Kier molecular flexibility index (Phi) is 6.84. The standard InChI is InChI=1S/C13H20N2O4/c1-11-8-12(10-13(9-11)15(16)17)14-4-3-5-19-7-6-18-2/h8-10,14H,3-7H2,1-2H3. The van der Waals surface area contributed by atoms with E-state index in [1.807, 2.05) is 13.0 Å². The molecule has 0 saturated heterocycles. The molecule has 1 aromatic carbocycles. The first-order valence-corrected chi connectivity index (χ1v) is 6.20. The predicted molar refractivity (Wildman–Crippen MR) is 73.6 cm³/mol. The number of nitrogens with one attached hydrogen (secondary N) is 1. The van der Waals surface area contributed by atoms with Crippen molar-refractivity contribution in [2.75, 3.05) is 38.8 Å². The van der Waals surface area contributed by atoms with Crippen LogP contribution in [0.1, 0.15) is 12.0 Å². The second-order valence-corrected chi connectivity index (χ2v) is 4.20. The van der Waals surface area contributed by atoms with Crippen molar-refractivity contribution in [1.29, 1.82) is 0 Å². The monoisotopic (exact) mass is 268 g/mol. The summed E-state index contributed by atoms with van der Waals surface area (Å²) >= 11 is 0. The minimum absolute atomic E-state index is 0.110. The SMILES string of the molecule is COCCOCCCNc1cc(C)cc([N+](=O)[O-])c1. The number of anilines is 1. The van der Waals surface area contributed by atoms with E-state index in [1.54, 1.807) is 19.2 Å². The minimum Gasteiger partial charge on any atom is -0.385 e. The first-order valence-electron chi connectivity index (χ1n) is 6.20. The van der Waals surface area contributed by atoms with Crippen molar-refractivity contribution in [1.82, 2.24) is 0 Å². The first-order chi connectivity index (χ1) is 9.13. The van der Waals surface area contributed by atoms with Gasteiger partial charge in [0, 0.05) is 38.1 Å². The van der Waals surface area contributed by atoms with Gasteiger partial charge in [0.15, 0.2) is 0 Å². The molecule has 106 valence electrons. The van der Waals surface area contributed by atoms with E-state index in [2.05, 4.69) is 5.32 Å². The van der Waals surface area contributed by atoms with Gasteiger partial charge in [0.25, 0.3) is 5.69 Å². The molecular weight excluding hydrogens is 248 g/mol. The molecule has 0 atom stereocenters. The van der Waals surface area contributed by atoms with Gasteiger partial charge in [-0.2, -0.15) is 0 Å². The Hall–Kier alpha value is -1.66. The number of non-ortho nitro benzene ring substituents is 1. The lowest BCUT2D eigenvalue weighted by atomic mass is 10.2. The van der Waals surface area contributed by atoms with Gasteiger partial charge in [-0.3, -0.25) is 10.1 Å². The molecule has 1 N–H and O–H groups in total. The van der Waals surface area contributed by atoms with Crippen molar-refractivity contribution >= 4 is 11.4 Å². The number of ether oxygens (including phenoxy) is 2. The van der Waals surface area contributed by atoms with E-state index in [4.69, 9.17) is 9.47 Å².